The Balaban J connectivity index is 1.60. The highest BCUT2D eigenvalue weighted by Gasteiger charge is 2.45. The summed E-state index contributed by atoms with van der Waals surface area (Å²) < 4.78 is 5.54. The number of unbranched alkanes of at least 4 members (excludes halogenated alkanes) is 3. The molecule has 0 saturated carbocycles. The van der Waals surface area contributed by atoms with E-state index in [1.807, 2.05) is 0 Å². The lowest BCUT2D eigenvalue weighted by Crippen LogP contribution is -2.57. The number of hydrogen-bond donors (Lipinski definition) is 4. The van der Waals surface area contributed by atoms with Crippen molar-refractivity contribution in [1.29, 1.82) is 0 Å². The van der Waals surface area contributed by atoms with E-state index < -0.39 is 24.1 Å². The Hall–Kier alpha value is -2.98. The number of carbonyl (C=O) groups excluding carboxylic acids is 4. The zero-order valence-electron chi connectivity index (χ0n) is 17.3. The molecular weight excluding hydrogens is 404 g/mol. The van der Waals surface area contributed by atoms with E-state index in [1.54, 1.807) is 6.07 Å². The van der Waals surface area contributed by atoms with Crippen LogP contribution in [0, 0.1) is 0 Å². The van der Waals surface area contributed by atoms with Gasteiger partial charge in [-0.3, -0.25) is 24.1 Å². The van der Waals surface area contributed by atoms with E-state index in [0.29, 0.717) is 13.1 Å². The predicted octanol–water partition coefficient (Wildman–Crippen LogP) is -0.106. The Kier molecular flexibility index (Phi) is 7.59. The number of carbonyl (C=O) groups is 4. The standard InChI is InChI=1S/C21H28N4O6/c22-10-3-1-2-4-11-23-17(27)12-31-15-7-5-6-13-18(15)21(30)25(20(13)29)14-8-9-16(26)24-19(14)28/h5-7,14,19,28H,1-4,8-12,22H2,(H,23,27)(H,24,26). The van der Waals surface area contributed by atoms with Gasteiger partial charge in [-0.1, -0.05) is 18.9 Å². The number of imide groups is 1. The summed E-state index contributed by atoms with van der Waals surface area (Å²) in [4.78, 5) is 50.2. The molecule has 0 aliphatic carbocycles. The molecular formula is C21H28N4O6. The van der Waals surface area contributed by atoms with Gasteiger partial charge in [0, 0.05) is 13.0 Å². The molecule has 4 amide bonds. The van der Waals surface area contributed by atoms with Gasteiger partial charge in [-0.15, -0.1) is 0 Å². The molecule has 2 atom stereocenters. The summed E-state index contributed by atoms with van der Waals surface area (Å²) in [6, 6.07) is 3.72. The Labute approximate surface area is 180 Å². The maximum atomic E-state index is 13.0. The second kappa shape index (κ2) is 10.4. The molecule has 0 spiro atoms. The third-order valence-electron chi connectivity index (χ3n) is 5.39. The number of aliphatic hydroxyl groups excluding tert-OH is 1. The molecule has 168 valence electrons. The summed E-state index contributed by atoms with van der Waals surface area (Å²) in [6.45, 7) is 0.896. The molecule has 2 aliphatic heterocycles. The van der Waals surface area contributed by atoms with Crippen molar-refractivity contribution in [2.45, 2.75) is 50.8 Å². The summed E-state index contributed by atoms with van der Waals surface area (Å²) in [6.07, 6.45) is 2.74. The maximum Gasteiger partial charge on any atom is 0.265 e. The van der Waals surface area contributed by atoms with Gasteiger partial charge in [0.25, 0.3) is 17.7 Å². The molecule has 2 aliphatic rings. The van der Waals surface area contributed by atoms with Crippen molar-refractivity contribution in [1.82, 2.24) is 15.5 Å². The van der Waals surface area contributed by atoms with E-state index >= 15 is 0 Å². The van der Waals surface area contributed by atoms with Crippen LogP contribution >= 0.6 is 0 Å². The van der Waals surface area contributed by atoms with Crippen LogP contribution in [0.4, 0.5) is 0 Å². The zero-order chi connectivity index (χ0) is 22.4. The first kappa shape index (κ1) is 22.7. The van der Waals surface area contributed by atoms with Crippen LogP contribution in [0.2, 0.25) is 0 Å². The van der Waals surface area contributed by atoms with Crippen LogP contribution in [0.15, 0.2) is 18.2 Å². The van der Waals surface area contributed by atoms with Gasteiger partial charge >= 0.3 is 0 Å². The van der Waals surface area contributed by atoms with Crippen LogP contribution in [-0.4, -0.2) is 65.6 Å². The van der Waals surface area contributed by atoms with Crippen molar-refractivity contribution >= 4 is 23.6 Å². The number of amides is 4. The third-order valence-corrected chi connectivity index (χ3v) is 5.39. The smallest absolute Gasteiger partial charge is 0.265 e. The molecule has 0 radical (unpaired) electrons. The number of nitrogens with two attached hydrogens (primary N) is 1. The average molecular weight is 432 g/mol. The lowest BCUT2D eigenvalue weighted by Gasteiger charge is -2.33. The molecule has 5 N–H and O–H groups in total. The van der Waals surface area contributed by atoms with Gasteiger partial charge in [-0.2, -0.15) is 0 Å². The summed E-state index contributed by atoms with van der Waals surface area (Å²) in [7, 11) is 0. The monoisotopic (exact) mass is 432 g/mol. The molecule has 1 aromatic carbocycles. The van der Waals surface area contributed by atoms with Gasteiger partial charge in [0.1, 0.15) is 12.0 Å². The van der Waals surface area contributed by atoms with Gasteiger partial charge in [0.15, 0.2) is 6.61 Å². The van der Waals surface area contributed by atoms with Crippen LogP contribution in [0.25, 0.3) is 0 Å². The minimum atomic E-state index is -1.33. The molecule has 2 unspecified atom stereocenters. The number of fused-ring (bicyclic) bond motifs is 1. The summed E-state index contributed by atoms with van der Waals surface area (Å²) in [5.74, 6) is -1.71. The number of hydrogen-bond acceptors (Lipinski definition) is 7. The summed E-state index contributed by atoms with van der Waals surface area (Å²) >= 11 is 0. The fourth-order valence-corrected chi connectivity index (χ4v) is 3.78. The van der Waals surface area contributed by atoms with E-state index in [9.17, 15) is 24.3 Å². The molecule has 1 saturated heterocycles. The Morgan fingerprint density at radius 1 is 1.19 bits per heavy atom. The van der Waals surface area contributed by atoms with Crippen LogP contribution in [-0.2, 0) is 9.59 Å². The van der Waals surface area contributed by atoms with Crippen molar-refractivity contribution < 1.29 is 29.0 Å². The van der Waals surface area contributed by atoms with E-state index in [0.717, 1.165) is 30.6 Å². The minimum absolute atomic E-state index is 0.0613. The number of rotatable bonds is 10. The Bertz CT molecular complexity index is 858. The molecule has 2 heterocycles. The SMILES string of the molecule is NCCCCCCNC(=O)COc1cccc2c1C(=O)N(C1CCC(=O)NC1O)C2=O. The number of ether oxygens (including phenoxy) is 1. The first-order chi connectivity index (χ1) is 14.9. The number of aliphatic hydroxyl groups is 1. The van der Waals surface area contributed by atoms with E-state index in [1.165, 1.54) is 12.1 Å². The minimum Gasteiger partial charge on any atom is -0.483 e. The van der Waals surface area contributed by atoms with Crippen molar-refractivity contribution in [2.75, 3.05) is 19.7 Å². The summed E-state index contributed by atoms with van der Waals surface area (Å²) in [5.41, 5.74) is 5.65. The number of benzene rings is 1. The Morgan fingerprint density at radius 3 is 2.71 bits per heavy atom. The molecule has 0 aromatic heterocycles. The van der Waals surface area contributed by atoms with Crippen LogP contribution < -0.4 is 21.1 Å². The first-order valence-electron chi connectivity index (χ1n) is 10.5. The molecule has 0 bridgehead atoms. The second-order valence-electron chi connectivity index (χ2n) is 7.62. The van der Waals surface area contributed by atoms with Crippen LogP contribution in [0.3, 0.4) is 0 Å². The zero-order valence-corrected chi connectivity index (χ0v) is 17.3. The fraction of sp³-hybridized carbons (Fsp3) is 0.524. The second-order valence-corrected chi connectivity index (χ2v) is 7.62. The number of nitrogens with one attached hydrogen (secondary N) is 2. The molecule has 31 heavy (non-hydrogen) atoms. The fourth-order valence-electron chi connectivity index (χ4n) is 3.78. The van der Waals surface area contributed by atoms with Gasteiger partial charge in [-0.25, -0.2) is 0 Å². The highest BCUT2D eigenvalue weighted by Crippen LogP contribution is 2.34. The highest BCUT2D eigenvalue weighted by molar-refractivity contribution is 6.23. The van der Waals surface area contributed by atoms with Gasteiger partial charge < -0.3 is 26.2 Å². The van der Waals surface area contributed by atoms with Crippen LogP contribution in [0.1, 0.15) is 59.2 Å². The third kappa shape index (κ3) is 5.20. The van der Waals surface area contributed by atoms with E-state index in [4.69, 9.17) is 10.5 Å². The predicted molar refractivity (Wildman–Crippen MR) is 110 cm³/mol. The highest BCUT2D eigenvalue weighted by atomic mass is 16.5. The Morgan fingerprint density at radius 2 is 1.97 bits per heavy atom. The molecule has 10 heteroatoms. The lowest BCUT2D eigenvalue weighted by atomic mass is 10.0. The number of piperidine rings is 1. The normalized spacial score (nSPS) is 20.5. The molecule has 10 nitrogen and oxygen atoms in total. The molecule has 3 rings (SSSR count). The first-order valence-corrected chi connectivity index (χ1v) is 10.5. The lowest BCUT2D eigenvalue weighted by molar-refractivity contribution is -0.129. The van der Waals surface area contributed by atoms with Crippen LogP contribution in [0.5, 0.6) is 5.75 Å². The average Bonchev–Trinajstić information content (AvgIpc) is 3.00. The van der Waals surface area contributed by atoms with Gasteiger partial charge in [0.2, 0.25) is 5.91 Å². The van der Waals surface area contributed by atoms with E-state index in [2.05, 4.69) is 10.6 Å². The van der Waals surface area contributed by atoms with Gasteiger partial charge in [0.05, 0.1) is 17.2 Å². The van der Waals surface area contributed by atoms with Gasteiger partial charge in [-0.05, 0) is 37.9 Å². The molecule has 1 aromatic rings. The largest absolute Gasteiger partial charge is 0.483 e. The van der Waals surface area contributed by atoms with Crippen molar-refractivity contribution in [3.63, 3.8) is 0 Å². The summed E-state index contributed by atoms with van der Waals surface area (Å²) in [5, 5.41) is 15.2. The maximum absolute atomic E-state index is 13.0. The van der Waals surface area contributed by atoms with Crippen molar-refractivity contribution in [3.8, 4) is 5.75 Å². The topological polar surface area (TPSA) is 151 Å². The van der Waals surface area contributed by atoms with Crippen molar-refractivity contribution in [2.24, 2.45) is 5.73 Å². The number of nitrogens with zero attached hydrogens (tertiary/aromatic N) is 1. The van der Waals surface area contributed by atoms with E-state index in [-0.39, 0.29) is 48.1 Å². The van der Waals surface area contributed by atoms with Crippen molar-refractivity contribution in [3.05, 3.63) is 29.3 Å². The quantitative estimate of drug-likeness (QED) is 0.297. The molecule has 1 fully saturated rings.